The molecule has 1 aromatic rings. The second-order valence-corrected chi connectivity index (χ2v) is 4.41. The maximum Gasteiger partial charge on any atom is 0.287 e. The largest absolute Gasteiger partial charge is 0.393 e. The van der Waals surface area contributed by atoms with Crippen molar-refractivity contribution in [3.63, 3.8) is 0 Å². The van der Waals surface area contributed by atoms with E-state index in [2.05, 4.69) is 5.32 Å². The highest BCUT2D eigenvalue weighted by Crippen LogP contribution is 2.15. The van der Waals surface area contributed by atoms with Crippen LogP contribution in [0.4, 0.5) is 5.69 Å². The average molecular weight is 255 g/mol. The molecule has 0 aliphatic heterocycles. The van der Waals surface area contributed by atoms with Crippen LogP contribution in [-0.2, 0) is 7.05 Å². The Morgan fingerprint density at radius 3 is 2.67 bits per heavy atom. The molecule has 0 aliphatic carbocycles. The first kappa shape index (κ1) is 14.2. The highest BCUT2D eigenvalue weighted by molar-refractivity contribution is 5.93. The number of nitrogens with one attached hydrogen (secondary N) is 1. The van der Waals surface area contributed by atoms with Crippen LogP contribution >= 0.6 is 0 Å². The van der Waals surface area contributed by atoms with E-state index in [1.807, 2.05) is 0 Å². The van der Waals surface area contributed by atoms with Gasteiger partial charge in [0, 0.05) is 19.2 Å². The van der Waals surface area contributed by atoms with Crippen molar-refractivity contribution in [2.45, 2.75) is 32.4 Å². The van der Waals surface area contributed by atoms with Gasteiger partial charge in [0.2, 0.25) is 0 Å². The molecular formula is C11H17N3O4. The van der Waals surface area contributed by atoms with Crippen molar-refractivity contribution >= 4 is 11.6 Å². The Morgan fingerprint density at radius 1 is 1.61 bits per heavy atom. The minimum atomic E-state index is -0.546. The second kappa shape index (κ2) is 5.63. The van der Waals surface area contributed by atoms with E-state index in [0.29, 0.717) is 6.42 Å². The van der Waals surface area contributed by atoms with Gasteiger partial charge in [-0.2, -0.15) is 0 Å². The number of hydrogen-bond acceptors (Lipinski definition) is 4. The molecule has 2 atom stereocenters. The molecule has 100 valence electrons. The van der Waals surface area contributed by atoms with Gasteiger partial charge in [-0.25, -0.2) is 0 Å². The van der Waals surface area contributed by atoms with Gasteiger partial charge in [0.15, 0.2) is 0 Å². The van der Waals surface area contributed by atoms with Crippen LogP contribution < -0.4 is 5.32 Å². The third kappa shape index (κ3) is 3.56. The van der Waals surface area contributed by atoms with Gasteiger partial charge in [-0.3, -0.25) is 14.9 Å². The Labute approximate surface area is 105 Å². The Kier molecular flexibility index (Phi) is 4.43. The summed E-state index contributed by atoms with van der Waals surface area (Å²) in [5.41, 5.74) is 0.102. The summed E-state index contributed by atoms with van der Waals surface area (Å²) in [5.74, 6) is -0.390. The number of aromatic nitrogens is 1. The van der Waals surface area contributed by atoms with Gasteiger partial charge in [-0.1, -0.05) is 0 Å². The number of hydrogen-bond donors (Lipinski definition) is 2. The Morgan fingerprint density at radius 2 is 2.22 bits per heavy atom. The molecule has 0 saturated heterocycles. The number of nitro groups is 1. The molecule has 0 aromatic carbocycles. The third-order valence-corrected chi connectivity index (χ3v) is 2.51. The van der Waals surface area contributed by atoms with Crippen molar-refractivity contribution in [3.8, 4) is 0 Å². The molecule has 7 heteroatoms. The lowest BCUT2D eigenvalue weighted by molar-refractivity contribution is -0.384. The molecule has 7 nitrogen and oxygen atoms in total. The molecule has 1 rings (SSSR count). The summed E-state index contributed by atoms with van der Waals surface area (Å²) in [6.45, 7) is 3.40. The molecular weight excluding hydrogens is 238 g/mol. The number of aliphatic hydroxyl groups is 1. The maximum atomic E-state index is 11.9. The van der Waals surface area contributed by atoms with Gasteiger partial charge in [-0.05, 0) is 20.3 Å². The molecule has 0 fully saturated rings. The van der Waals surface area contributed by atoms with Crippen molar-refractivity contribution in [1.82, 2.24) is 9.88 Å². The lowest BCUT2D eigenvalue weighted by Crippen LogP contribution is -2.35. The molecule has 2 N–H and O–H groups in total. The van der Waals surface area contributed by atoms with E-state index in [1.165, 1.54) is 16.8 Å². The summed E-state index contributed by atoms with van der Waals surface area (Å²) in [5, 5.41) is 22.5. The zero-order valence-corrected chi connectivity index (χ0v) is 10.6. The smallest absolute Gasteiger partial charge is 0.287 e. The summed E-state index contributed by atoms with van der Waals surface area (Å²) >= 11 is 0. The molecule has 0 saturated carbocycles. The van der Waals surface area contributed by atoms with Gasteiger partial charge in [-0.15, -0.1) is 0 Å². The molecule has 0 bridgehead atoms. The Hall–Kier alpha value is -1.89. The highest BCUT2D eigenvalue weighted by Gasteiger charge is 2.19. The number of carbonyl (C=O) groups excluding carboxylic acids is 1. The summed E-state index contributed by atoms with van der Waals surface area (Å²) in [6, 6.07) is 1.02. The van der Waals surface area contributed by atoms with Crippen LogP contribution in [0.2, 0.25) is 0 Å². The normalized spacial score (nSPS) is 14.0. The standard InChI is InChI=1S/C11H17N3O4/c1-7(4-8(2)15)12-11(16)10-5-9(14(17)18)6-13(10)3/h5-8,15H,4H2,1-3H3,(H,12,16). The van der Waals surface area contributed by atoms with E-state index in [4.69, 9.17) is 0 Å². The van der Waals surface area contributed by atoms with E-state index >= 15 is 0 Å². The number of aliphatic hydroxyl groups excluding tert-OH is 1. The Balaban J connectivity index is 2.75. The summed E-state index contributed by atoms with van der Waals surface area (Å²) in [4.78, 5) is 21.9. The first-order chi connectivity index (χ1) is 8.31. The molecule has 1 aromatic heterocycles. The minimum Gasteiger partial charge on any atom is -0.393 e. The summed E-state index contributed by atoms with van der Waals surface area (Å²) in [6.07, 6.45) is 1.20. The summed E-state index contributed by atoms with van der Waals surface area (Å²) in [7, 11) is 1.57. The van der Waals surface area contributed by atoms with Gasteiger partial charge in [0.05, 0.1) is 17.2 Å². The van der Waals surface area contributed by atoms with Crippen LogP contribution in [0.3, 0.4) is 0 Å². The van der Waals surface area contributed by atoms with Crippen LogP contribution in [0.15, 0.2) is 12.3 Å². The number of carbonyl (C=O) groups is 1. The predicted molar refractivity (Wildman–Crippen MR) is 65.3 cm³/mol. The topological polar surface area (TPSA) is 97.4 Å². The van der Waals surface area contributed by atoms with Crippen LogP contribution in [0, 0.1) is 10.1 Å². The van der Waals surface area contributed by atoms with Gasteiger partial charge in [0.25, 0.3) is 11.6 Å². The Bertz CT molecular complexity index is 453. The van der Waals surface area contributed by atoms with Crippen LogP contribution in [0.5, 0.6) is 0 Å². The quantitative estimate of drug-likeness (QED) is 0.601. The van der Waals surface area contributed by atoms with Crippen molar-refractivity contribution in [2.75, 3.05) is 0 Å². The maximum absolute atomic E-state index is 11.9. The highest BCUT2D eigenvalue weighted by atomic mass is 16.6. The SMILES string of the molecule is CC(O)CC(C)NC(=O)c1cc([N+](=O)[O-])cn1C. The van der Waals surface area contributed by atoms with Crippen molar-refractivity contribution in [2.24, 2.45) is 7.05 Å². The fourth-order valence-corrected chi connectivity index (χ4v) is 1.74. The monoisotopic (exact) mass is 255 g/mol. The number of nitrogens with zero attached hydrogens (tertiary/aromatic N) is 2. The molecule has 0 aliphatic rings. The van der Waals surface area contributed by atoms with Crippen molar-refractivity contribution < 1.29 is 14.8 Å². The van der Waals surface area contributed by atoms with E-state index in [1.54, 1.807) is 20.9 Å². The van der Waals surface area contributed by atoms with Gasteiger partial charge < -0.3 is 15.0 Å². The summed E-state index contributed by atoms with van der Waals surface area (Å²) < 4.78 is 1.41. The van der Waals surface area contributed by atoms with Crippen molar-refractivity contribution in [1.29, 1.82) is 0 Å². The molecule has 0 spiro atoms. The van der Waals surface area contributed by atoms with Crippen LogP contribution in [-0.4, -0.2) is 32.6 Å². The van der Waals surface area contributed by atoms with Crippen LogP contribution in [0.1, 0.15) is 30.8 Å². The van der Waals surface area contributed by atoms with Gasteiger partial charge >= 0.3 is 0 Å². The second-order valence-electron chi connectivity index (χ2n) is 4.41. The lowest BCUT2D eigenvalue weighted by atomic mass is 10.1. The molecule has 0 radical (unpaired) electrons. The first-order valence-corrected chi connectivity index (χ1v) is 5.61. The van der Waals surface area contributed by atoms with E-state index in [0.717, 1.165) is 0 Å². The molecule has 1 heterocycles. The van der Waals surface area contributed by atoms with Crippen molar-refractivity contribution in [3.05, 3.63) is 28.1 Å². The average Bonchev–Trinajstić information content (AvgIpc) is 2.58. The number of amides is 1. The van der Waals surface area contributed by atoms with E-state index < -0.39 is 16.9 Å². The fourth-order valence-electron chi connectivity index (χ4n) is 1.74. The van der Waals surface area contributed by atoms with E-state index in [9.17, 15) is 20.0 Å². The van der Waals surface area contributed by atoms with Crippen LogP contribution in [0.25, 0.3) is 0 Å². The lowest BCUT2D eigenvalue weighted by Gasteiger charge is -2.15. The zero-order chi connectivity index (χ0) is 13.9. The first-order valence-electron chi connectivity index (χ1n) is 5.61. The molecule has 1 amide bonds. The fraction of sp³-hybridized carbons (Fsp3) is 0.545. The zero-order valence-electron chi connectivity index (χ0n) is 10.6. The third-order valence-electron chi connectivity index (χ3n) is 2.51. The molecule has 18 heavy (non-hydrogen) atoms. The molecule has 2 unspecified atom stereocenters. The van der Waals surface area contributed by atoms with E-state index in [-0.39, 0.29) is 17.4 Å². The number of rotatable bonds is 5. The minimum absolute atomic E-state index is 0.120. The predicted octanol–water partition coefficient (Wildman–Crippen LogP) is 0.822. The van der Waals surface area contributed by atoms with Gasteiger partial charge in [0.1, 0.15) is 5.69 Å². The number of aryl methyl sites for hydroxylation is 1.